The van der Waals surface area contributed by atoms with Crippen molar-refractivity contribution in [3.05, 3.63) is 0 Å². The molecule has 0 aliphatic heterocycles. The number of hydrogen-bond donors (Lipinski definition) is 3. The monoisotopic (exact) mass is 390 g/mol. The molecule has 0 rings (SSSR count). The maximum Gasteiger partial charge on any atom is 0.333 e. The summed E-state index contributed by atoms with van der Waals surface area (Å²) in [7, 11) is 0. The Morgan fingerprint density at radius 3 is 1.78 bits per heavy atom. The zero-order valence-electron chi connectivity index (χ0n) is 16.2. The first kappa shape index (κ1) is 25.3. The molecular formula is C19H34O8. The standard InChI is InChI=1S/C19H34O8/c1-2-3-4-5-6-7-8-9-10-11-17(22)26-13-15(20)14-27-18(23)12-16(21)19(24)25/h15-16,20-21H,2-14H2,1H3,(H,24,25). The van der Waals surface area contributed by atoms with E-state index in [4.69, 9.17) is 14.9 Å². The average Bonchev–Trinajstić information content (AvgIpc) is 2.63. The first-order valence-electron chi connectivity index (χ1n) is 9.77. The molecule has 0 saturated carbocycles. The predicted octanol–water partition coefficient (Wildman–Crippen LogP) is 2.19. The van der Waals surface area contributed by atoms with Crippen LogP contribution in [0.15, 0.2) is 0 Å². The van der Waals surface area contributed by atoms with Crippen LogP contribution >= 0.6 is 0 Å². The summed E-state index contributed by atoms with van der Waals surface area (Å²) >= 11 is 0. The Bertz CT molecular complexity index is 424. The Labute approximate surface area is 160 Å². The van der Waals surface area contributed by atoms with Gasteiger partial charge in [0.25, 0.3) is 0 Å². The molecule has 0 amide bonds. The molecule has 2 atom stereocenters. The Morgan fingerprint density at radius 2 is 1.26 bits per heavy atom. The van der Waals surface area contributed by atoms with Crippen LogP contribution in [0.4, 0.5) is 0 Å². The van der Waals surface area contributed by atoms with Crippen LogP contribution < -0.4 is 0 Å². The Balaban J connectivity index is 3.58. The molecule has 3 N–H and O–H groups in total. The van der Waals surface area contributed by atoms with Gasteiger partial charge >= 0.3 is 17.9 Å². The van der Waals surface area contributed by atoms with Crippen LogP contribution in [0.2, 0.25) is 0 Å². The Kier molecular flexibility index (Phi) is 15.5. The van der Waals surface area contributed by atoms with E-state index in [-0.39, 0.29) is 13.0 Å². The van der Waals surface area contributed by atoms with E-state index >= 15 is 0 Å². The molecule has 0 aromatic carbocycles. The minimum Gasteiger partial charge on any atom is -0.479 e. The van der Waals surface area contributed by atoms with Crippen molar-refractivity contribution in [2.24, 2.45) is 0 Å². The summed E-state index contributed by atoms with van der Waals surface area (Å²) in [6.07, 6.45) is 6.86. The van der Waals surface area contributed by atoms with Gasteiger partial charge in [-0.1, -0.05) is 58.3 Å². The summed E-state index contributed by atoms with van der Waals surface area (Å²) in [6.45, 7) is 1.46. The number of carbonyl (C=O) groups excluding carboxylic acids is 2. The second kappa shape index (κ2) is 16.5. The molecule has 0 radical (unpaired) electrons. The quantitative estimate of drug-likeness (QED) is 0.254. The highest BCUT2D eigenvalue weighted by Crippen LogP contribution is 2.10. The summed E-state index contributed by atoms with van der Waals surface area (Å²) in [6, 6.07) is 0. The van der Waals surface area contributed by atoms with Gasteiger partial charge in [0.1, 0.15) is 19.3 Å². The van der Waals surface area contributed by atoms with Gasteiger partial charge in [0.05, 0.1) is 6.42 Å². The van der Waals surface area contributed by atoms with Crippen LogP contribution in [-0.2, 0) is 23.9 Å². The van der Waals surface area contributed by atoms with E-state index in [0.717, 1.165) is 19.3 Å². The zero-order chi connectivity index (χ0) is 20.5. The van der Waals surface area contributed by atoms with Crippen LogP contribution in [-0.4, -0.2) is 58.6 Å². The van der Waals surface area contributed by atoms with Gasteiger partial charge in [-0.25, -0.2) is 4.79 Å². The molecule has 0 aliphatic carbocycles. The maximum atomic E-state index is 11.6. The minimum atomic E-state index is -1.84. The first-order chi connectivity index (χ1) is 12.9. The molecule has 2 unspecified atom stereocenters. The smallest absolute Gasteiger partial charge is 0.333 e. The van der Waals surface area contributed by atoms with E-state index in [1.807, 2.05) is 0 Å². The number of esters is 2. The van der Waals surface area contributed by atoms with Crippen molar-refractivity contribution in [3.63, 3.8) is 0 Å². The van der Waals surface area contributed by atoms with Gasteiger partial charge in [0, 0.05) is 6.42 Å². The molecule has 8 nitrogen and oxygen atoms in total. The van der Waals surface area contributed by atoms with Crippen LogP contribution in [0.25, 0.3) is 0 Å². The lowest BCUT2D eigenvalue weighted by Gasteiger charge is -2.12. The lowest BCUT2D eigenvalue weighted by atomic mass is 10.1. The first-order valence-corrected chi connectivity index (χ1v) is 9.77. The molecule has 0 aliphatic rings. The van der Waals surface area contributed by atoms with Gasteiger partial charge < -0.3 is 24.8 Å². The molecule has 0 saturated heterocycles. The Morgan fingerprint density at radius 1 is 0.778 bits per heavy atom. The van der Waals surface area contributed by atoms with Crippen molar-refractivity contribution < 1.29 is 39.2 Å². The SMILES string of the molecule is CCCCCCCCCCCC(=O)OCC(O)COC(=O)CC(O)C(=O)O. The lowest BCUT2D eigenvalue weighted by molar-refractivity contribution is -0.159. The lowest BCUT2D eigenvalue weighted by Crippen LogP contribution is -2.28. The van der Waals surface area contributed by atoms with E-state index in [0.29, 0.717) is 0 Å². The topological polar surface area (TPSA) is 130 Å². The van der Waals surface area contributed by atoms with E-state index < -0.39 is 43.1 Å². The maximum absolute atomic E-state index is 11.6. The normalized spacial score (nSPS) is 13.0. The number of aliphatic carboxylic acids is 1. The number of carbonyl (C=O) groups is 3. The number of unbranched alkanes of at least 4 members (excludes halogenated alkanes) is 8. The van der Waals surface area contributed by atoms with Gasteiger partial charge in [-0.3, -0.25) is 9.59 Å². The number of aliphatic hydroxyl groups excluding tert-OH is 2. The fraction of sp³-hybridized carbons (Fsp3) is 0.842. The number of ether oxygens (including phenoxy) is 2. The highest BCUT2D eigenvalue weighted by molar-refractivity contribution is 5.80. The molecule has 158 valence electrons. The van der Waals surface area contributed by atoms with Gasteiger partial charge in [-0.05, 0) is 6.42 Å². The van der Waals surface area contributed by atoms with Crippen molar-refractivity contribution in [2.75, 3.05) is 13.2 Å². The highest BCUT2D eigenvalue weighted by Gasteiger charge is 2.19. The summed E-state index contributed by atoms with van der Waals surface area (Å²) < 4.78 is 9.52. The summed E-state index contributed by atoms with van der Waals surface area (Å²) in [5.41, 5.74) is 0. The van der Waals surface area contributed by atoms with Crippen LogP contribution in [0.3, 0.4) is 0 Å². The second-order valence-electron chi connectivity index (χ2n) is 6.66. The van der Waals surface area contributed by atoms with E-state index in [1.165, 1.54) is 38.5 Å². The number of rotatable bonds is 17. The largest absolute Gasteiger partial charge is 0.479 e. The number of hydrogen-bond acceptors (Lipinski definition) is 7. The number of aliphatic hydroxyl groups is 2. The number of carboxylic acid groups (broad SMARTS) is 1. The second-order valence-corrected chi connectivity index (χ2v) is 6.66. The van der Waals surface area contributed by atoms with Crippen LogP contribution in [0, 0.1) is 0 Å². The van der Waals surface area contributed by atoms with Gasteiger partial charge in [0.2, 0.25) is 0 Å². The Hall–Kier alpha value is -1.67. The average molecular weight is 390 g/mol. The molecule has 0 fully saturated rings. The third kappa shape index (κ3) is 16.2. The van der Waals surface area contributed by atoms with Crippen molar-refractivity contribution >= 4 is 17.9 Å². The third-order valence-electron chi connectivity index (χ3n) is 4.00. The summed E-state index contributed by atoms with van der Waals surface area (Å²) in [5, 5.41) is 27.0. The molecule has 0 aromatic rings. The molecule has 0 aromatic heterocycles. The fourth-order valence-electron chi connectivity index (χ4n) is 2.38. The summed E-state index contributed by atoms with van der Waals surface area (Å²) in [4.78, 5) is 33.2. The van der Waals surface area contributed by atoms with Crippen molar-refractivity contribution in [3.8, 4) is 0 Å². The van der Waals surface area contributed by atoms with Crippen molar-refractivity contribution in [1.82, 2.24) is 0 Å². The van der Waals surface area contributed by atoms with Gasteiger partial charge in [-0.15, -0.1) is 0 Å². The molecule has 0 spiro atoms. The van der Waals surface area contributed by atoms with Crippen LogP contribution in [0.1, 0.15) is 77.6 Å². The molecule has 0 heterocycles. The van der Waals surface area contributed by atoms with Gasteiger partial charge in [-0.2, -0.15) is 0 Å². The fourth-order valence-corrected chi connectivity index (χ4v) is 2.38. The predicted molar refractivity (Wildman–Crippen MR) is 98.0 cm³/mol. The number of carboxylic acids is 1. The highest BCUT2D eigenvalue weighted by atomic mass is 16.6. The van der Waals surface area contributed by atoms with E-state index in [2.05, 4.69) is 11.7 Å². The van der Waals surface area contributed by atoms with E-state index in [1.54, 1.807) is 0 Å². The van der Waals surface area contributed by atoms with Gasteiger partial charge in [0.15, 0.2) is 6.10 Å². The molecule has 27 heavy (non-hydrogen) atoms. The molecular weight excluding hydrogens is 356 g/mol. The molecule has 0 bridgehead atoms. The zero-order valence-corrected chi connectivity index (χ0v) is 16.2. The van der Waals surface area contributed by atoms with Crippen molar-refractivity contribution in [2.45, 2.75) is 89.8 Å². The third-order valence-corrected chi connectivity index (χ3v) is 4.00. The minimum absolute atomic E-state index is 0.285. The molecule has 8 heteroatoms. The summed E-state index contributed by atoms with van der Waals surface area (Å²) in [5.74, 6) is -2.90. The van der Waals surface area contributed by atoms with E-state index in [9.17, 15) is 19.5 Å². The van der Waals surface area contributed by atoms with Crippen molar-refractivity contribution in [1.29, 1.82) is 0 Å². The van der Waals surface area contributed by atoms with Crippen LogP contribution in [0.5, 0.6) is 0 Å².